The second-order valence-electron chi connectivity index (χ2n) is 3.06. The zero-order valence-corrected chi connectivity index (χ0v) is 6.62. The lowest BCUT2D eigenvalue weighted by molar-refractivity contribution is -0.120. The summed E-state index contributed by atoms with van der Waals surface area (Å²) in [5.41, 5.74) is 0. The van der Waals surface area contributed by atoms with Crippen LogP contribution in [0.4, 0.5) is 0 Å². The Morgan fingerprint density at radius 1 is 1.30 bits per heavy atom. The van der Waals surface area contributed by atoms with Crippen molar-refractivity contribution in [2.45, 2.75) is 30.9 Å². The monoisotopic (exact) mass is 157 g/mol. The van der Waals surface area contributed by atoms with Gasteiger partial charge in [0.25, 0.3) is 0 Å². The molecule has 2 fully saturated rings. The van der Waals surface area contributed by atoms with Crippen molar-refractivity contribution in [1.29, 1.82) is 0 Å². The van der Waals surface area contributed by atoms with Crippen molar-refractivity contribution >= 4 is 17.9 Å². The van der Waals surface area contributed by atoms with Crippen molar-refractivity contribution in [3.63, 3.8) is 0 Å². The summed E-state index contributed by atoms with van der Waals surface area (Å²) in [6, 6.07) is 0. The van der Waals surface area contributed by atoms with Crippen LogP contribution in [-0.2, 0) is 4.79 Å². The normalized spacial score (nSPS) is 24.4. The Morgan fingerprint density at radius 3 is 2.50 bits per heavy atom. The Morgan fingerprint density at radius 2 is 2.00 bits per heavy atom. The third kappa shape index (κ3) is 1.66. The number of hydrogen-bond donors (Lipinski definition) is 1. The van der Waals surface area contributed by atoms with Gasteiger partial charge in [-0.25, -0.2) is 0 Å². The van der Waals surface area contributed by atoms with Crippen molar-refractivity contribution in [1.82, 2.24) is 4.72 Å². The van der Waals surface area contributed by atoms with Crippen LogP contribution in [0.3, 0.4) is 0 Å². The first kappa shape index (κ1) is 6.53. The predicted molar refractivity (Wildman–Crippen MR) is 41.5 cm³/mol. The van der Waals surface area contributed by atoms with Gasteiger partial charge in [-0.2, -0.15) is 0 Å². The number of amides is 1. The highest BCUT2D eigenvalue weighted by Crippen LogP contribution is 2.34. The highest BCUT2D eigenvalue weighted by Gasteiger charge is 2.31. The standard InChI is InChI=1S/C7H11NOS/c9-7(5-1-2-5)8-10-6-3-4-6/h5-6H,1-4H2,(H,8,9). The second kappa shape index (κ2) is 2.46. The van der Waals surface area contributed by atoms with Crippen LogP contribution in [0.15, 0.2) is 0 Å². The fraction of sp³-hybridized carbons (Fsp3) is 0.857. The number of carbonyl (C=O) groups is 1. The summed E-state index contributed by atoms with van der Waals surface area (Å²) in [5, 5.41) is 0.739. The van der Waals surface area contributed by atoms with Crippen molar-refractivity contribution in [2.75, 3.05) is 0 Å². The lowest BCUT2D eigenvalue weighted by Gasteiger charge is -1.99. The fourth-order valence-electron chi connectivity index (χ4n) is 0.756. The maximum absolute atomic E-state index is 11.0. The number of carbonyl (C=O) groups excluding carboxylic acids is 1. The molecule has 3 heteroatoms. The maximum atomic E-state index is 11.0. The molecular formula is C7H11NOS. The third-order valence-electron chi connectivity index (χ3n) is 1.80. The lowest BCUT2D eigenvalue weighted by atomic mass is 10.4. The van der Waals surface area contributed by atoms with E-state index in [4.69, 9.17) is 0 Å². The maximum Gasteiger partial charge on any atom is 0.232 e. The van der Waals surface area contributed by atoms with E-state index < -0.39 is 0 Å². The lowest BCUT2D eigenvalue weighted by Crippen LogP contribution is -2.17. The number of rotatable bonds is 3. The molecule has 0 aromatic heterocycles. The van der Waals surface area contributed by atoms with Crippen LogP contribution in [-0.4, -0.2) is 11.2 Å². The first-order chi connectivity index (χ1) is 4.86. The van der Waals surface area contributed by atoms with Gasteiger partial charge in [0.05, 0.1) is 0 Å². The highest BCUT2D eigenvalue weighted by molar-refractivity contribution is 7.98. The molecule has 0 unspecified atom stereocenters. The summed E-state index contributed by atoms with van der Waals surface area (Å²) in [6.07, 6.45) is 4.79. The van der Waals surface area contributed by atoms with E-state index in [1.807, 2.05) is 0 Å². The molecule has 0 bridgehead atoms. The van der Waals surface area contributed by atoms with Crippen LogP contribution in [0.1, 0.15) is 25.7 Å². The van der Waals surface area contributed by atoms with Gasteiger partial charge in [0.1, 0.15) is 0 Å². The van der Waals surface area contributed by atoms with Crippen LogP contribution < -0.4 is 4.72 Å². The molecule has 1 N–H and O–H groups in total. The van der Waals surface area contributed by atoms with Gasteiger partial charge in [-0.3, -0.25) is 9.52 Å². The zero-order valence-electron chi connectivity index (χ0n) is 5.80. The average molecular weight is 157 g/mol. The molecule has 10 heavy (non-hydrogen) atoms. The first-order valence-electron chi connectivity index (χ1n) is 3.82. The van der Waals surface area contributed by atoms with Crippen LogP contribution in [0.25, 0.3) is 0 Å². The molecule has 2 aliphatic rings. The Hall–Kier alpha value is -0.180. The Kier molecular flexibility index (Phi) is 1.60. The molecule has 0 aliphatic heterocycles. The summed E-state index contributed by atoms with van der Waals surface area (Å²) in [6.45, 7) is 0. The van der Waals surface area contributed by atoms with E-state index >= 15 is 0 Å². The average Bonchev–Trinajstić information content (AvgIpc) is 2.76. The summed E-state index contributed by atoms with van der Waals surface area (Å²) < 4.78 is 2.88. The Bertz CT molecular complexity index is 152. The van der Waals surface area contributed by atoms with Crippen molar-refractivity contribution in [3.05, 3.63) is 0 Å². The molecule has 2 aliphatic carbocycles. The summed E-state index contributed by atoms with van der Waals surface area (Å²) in [4.78, 5) is 11.0. The molecular weight excluding hydrogens is 146 g/mol. The minimum Gasteiger partial charge on any atom is -0.300 e. The van der Waals surface area contributed by atoms with E-state index in [1.54, 1.807) is 11.9 Å². The topological polar surface area (TPSA) is 29.1 Å². The minimum atomic E-state index is 0.261. The van der Waals surface area contributed by atoms with Crippen molar-refractivity contribution < 1.29 is 4.79 Å². The summed E-state index contributed by atoms with van der Waals surface area (Å²) in [5.74, 6) is 0.628. The van der Waals surface area contributed by atoms with Gasteiger partial charge < -0.3 is 0 Å². The highest BCUT2D eigenvalue weighted by atomic mass is 32.2. The molecule has 2 saturated carbocycles. The quantitative estimate of drug-likeness (QED) is 0.626. The van der Waals surface area contributed by atoms with E-state index in [-0.39, 0.29) is 5.91 Å². The molecule has 2 nitrogen and oxygen atoms in total. The molecule has 0 heterocycles. The molecule has 0 saturated heterocycles. The van der Waals surface area contributed by atoms with E-state index in [0.717, 1.165) is 18.1 Å². The van der Waals surface area contributed by atoms with Crippen LogP contribution in [0.5, 0.6) is 0 Å². The molecule has 0 aromatic rings. The van der Waals surface area contributed by atoms with E-state index in [0.29, 0.717) is 5.92 Å². The molecule has 56 valence electrons. The summed E-state index contributed by atoms with van der Waals surface area (Å²) in [7, 11) is 0. The van der Waals surface area contributed by atoms with Crippen molar-refractivity contribution in [2.24, 2.45) is 5.92 Å². The van der Waals surface area contributed by atoms with Crippen LogP contribution in [0, 0.1) is 5.92 Å². The minimum absolute atomic E-state index is 0.261. The predicted octanol–water partition coefficient (Wildman–Crippen LogP) is 1.32. The first-order valence-corrected chi connectivity index (χ1v) is 4.70. The molecule has 0 aromatic carbocycles. The molecule has 1 amide bonds. The van der Waals surface area contributed by atoms with E-state index in [2.05, 4.69) is 4.72 Å². The Labute approximate surface area is 64.9 Å². The largest absolute Gasteiger partial charge is 0.300 e. The van der Waals surface area contributed by atoms with Gasteiger partial charge in [0, 0.05) is 11.2 Å². The van der Waals surface area contributed by atoms with Crippen LogP contribution >= 0.6 is 11.9 Å². The molecule has 0 spiro atoms. The fourth-order valence-corrected chi connectivity index (χ4v) is 1.58. The van der Waals surface area contributed by atoms with Gasteiger partial charge in [-0.1, -0.05) is 0 Å². The van der Waals surface area contributed by atoms with Gasteiger partial charge in [0.15, 0.2) is 0 Å². The van der Waals surface area contributed by atoms with Gasteiger partial charge >= 0.3 is 0 Å². The van der Waals surface area contributed by atoms with Crippen LogP contribution in [0.2, 0.25) is 0 Å². The smallest absolute Gasteiger partial charge is 0.232 e. The zero-order chi connectivity index (χ0) is 6.97. The van der Waals surface area contributed by atoms with Gasteiger partial charge in [-0.05, 0) is 37.6 Å². The molecule has 0 atom stereocenters. The Balaban J connectivity index is 1.63. The SMILES string of the molecule is O=C(NSC1CC1)C1CC1. The number of hydrogen-bond acceptors (Lipinski definition) is 2. The van der Waals surface area contributed by atoms with Gasteiger partial charge in [0.2, 0.25) is 5.91 Å². The molecule has 2 rings (SSSR count). The van der Waals surface area contributed by atoms with E-state index in [1.165, 1.54) is 12.8 Å². The van der Waals surface area contributed by atoms with Gasteiger partial charge in [-0.15, -0.1) is 0 Å². The van der Waals surface area contributed by atoms with E-state index in [9.17, 15) is 4.79 Å². The third-order valence-corrected chi connectivity index (χ3v) is 2.92. The van der Waals surface area contributed by atoms with Crippen molar-refractivity contribution in [3.8, 4) is 0 Å². The second-order valence-corrected chi connectivity index (χ2v) is 4.16. The molecule has 0 radical (unpaired) electrons. The summed E-state index contributed by atoms with van der Waals surface area (Å²) >= 11 is 1.62. The number of nitrogens with one attached hydrogen (secondary N) is 1.